The van der Waals surface area contributed by atoms with Crippen molar-refractivity contribution in [3.8, 4) is 5.75 Å². The van der Waals surface area contributed by atoms with Crippen molar-refractivity contribution >= 4 is 23.7 Å². The second kappa shape index (κ2) is 9.99. The Bertz CT molecular complexity index is 661. The molecule has 0 radical (unpaired) electrons. The van der Waals surface area contributed by atoms with E-state index in [-0.39, 0.29) is 25.3 Å². The number of phenolic OH excluding ortho intramolecular Hbond substituents is 1. The second-order valence-electron chi connectivity index (χ2n) is 5.54. The van der Waals surface area contributed by atoms with Crippen LogP contribution in [-0.4, -0.2) is 59.1 Å². The Kier molecular flexibility index (Phi) is 8.03. The molecule has 0 heterocycles. The van der Waals surface area contributed by atoms with Gasteiger partial charge in [-0.15, -0.1) is 0 Å². The fourth-order valence-corrected chi connectivity index (χ4v) is 1.97. The van der Waals surface area contributed by atoms with Crippen molar-refractivity contribution in [1.29, 1.82) is 0 Å². The van der Waals surface area contributed by atoms with Crippen LogP contribution in [0.25, 0.3) is 0 Å². The van der Waals surface area contributed by atoms with Crippen molar-refractivity contribution in [3.05, 3.63) is 29.8 Å². The summed E-state index contributed by atoms with van der Waals surface area (Å²) in [6.07, 6.45) is 0.00851. The first kappa shape index (κ1) is 20.9. The topological polar surface area (TPSA) is 171 Å². The largest absolute Gasteiger partial charge is 0.508 e. The second-order valence-corrected chi connectivity index (χ2v) is 5.54. The number of amides is 3. The van der Waals surface area contributed by atoms with E-state index in [0.717, 1.165) is 0 Å². The van der Waals surface area contributed by atoms with E-state index >= 15 is 0 Å². The van der Waals surface area contributed by atoms with Gasteiger partial charge in [-0.05, 0) is 24.6 Å². The lowest BCUT2D eigenvalue weighted by Gasteiger charge is -2.19. The van der Waals surface area contributed by atoms with Gasteiger partial charge in [-0.3, -0.25) is 14.4 Å². The summed E-state index contributed by atoms with van der Waals surface area (Å²) in [4.78, 5) is 46.1. The third-order valence-electron chi connectivity index (χ3n) is 3.39. The molecule has 2 atom stereocenters. The summed E-state index contributed by atoms with van der Waals surface area (Å²) in [6, 6.07) is 3.71. The Morgan fingerprint density at radius 2 is 1.69 bits per heavy atom. The van der Waals surface area contributed by atoms with E-state index in [2.05, 4.69) is 16.0 Å². The molecule has 10 nitrogen and oxygen atoms in total. The van der Waals surface area contributed by atoms with Crippen LogP contribution in [0, 0.1) is 0 Å². The average molecular weight is 366 g/mol. The average Bonchev–Trinajstić information content (AvgIpc) is 2.60. The number of benzene rings is 1. The zero-order valence-electron chi connectivity index (χ0n) is 14.2. The fourth-order valence-electron chi connectivity index (χ4n) is 1.97. The molecule has 0 aromatic heterocycles. The maximum Gasteiger partial charge on any atom is 0.326 e. The molecule has 1 aromatic carbocycles. The molecule has 7 N–H and O–H groups in total. The number of hydrogen-bond acceptors (Lipinski definition) is 6. The summed E-state index contributed by atoms with van der Waals surface area (Å²) in [5.74, 6) is -3.01. The molecule has 3 amide bonds. The van der Waals surface area contributed by atoms with E-state index in [0.29, 0.717) is 5.56 Å². The van der Waals surface area contributed by atoms with Crippen LogP contribution >= 0.6 is 0 Å². The van der Waals surface area contributed by atoms with Gasteiger partial charge < -0.3 is 31.9 Å². The molecule has 0 aliphatic heterocycles. The normalized spacial score (nSPS) is 12.5. The number of aliphatic carboxylic acids is 1. The van der Waals surface area contributed by atoms with Gasteiger partial charge in [0.15, 0.2) is 0 Å². The highest BCUT2D eigenvalue weighted by Gasteiger charge is 2.24. The summed E-state index contributed by atoms with van der Waals surface area (Å²) in [5, 5.41) is 25.4. The highest BCUT2D eigenvalue weighted by atomic mass is 16.4. The molecule has 0 saturated carbocycles. The molecule has 0 bridgehead atoms. The summed E-state index contributed by atoms with van der Waals surface area (Å²) >= 11 is 0. The number of aromatic hydroxyl groups is 1. The van der Waals surface area contributed by atoms with Crippen molar-refractivity contribution < 1.29 is 29.4 Å². The Morgan fingerprint density at radius 1 is 1.08 bits per heavy atom. The van der Waals surface area contributed by atoms with Crippen LogP contribution in [0.3, 0.4) is 0 Å². The number of carbonyl (C=O) groups is 4. The van der Waals surface area contributed by atoms with Gasteiger partial charge in [0.05, 0.1) is 13.1 Å². The number of carbonyl (C=O) groups excluding carboxylic acids is 3. The van der Waals surface area contributed by atoms with Crippen LogP contribution in [0.5, 0.6) is 5.75 Å². The standard InChI is InChI=1S/C16H22N4O6/c1-9(19-14(23)8-18-13(22)7-17)15(24)20-12(16(25)26)6-10-2-4-11(21)5-3-10/h2-5,9,12,21H,6-8,17H2,1H3,(H,18,22)(H,19,23)(H,20,24)(H,25,26). The predicted molar refractivity (Wildman–Crippen MR) is 91.0 cm³/mol. The number of hydrogen-bond donors (Lipinski definition) is 6. The summed E-state index contributed by atoms with van der Waals surface area (Å²) in [6.45, 7) is 0.780. The lowest BCUT2D eigenvalue weighted by Crippen LogP contribution is -2.52. The maximum atomic E-state index is 12.1. The number of carboxylic acids is 1. The van der Waals surface area contributed by atoms with E-state index < -0.39 is 35.8 Å². The quantitative estimate of drug-likeness (QED) is 0.296. The van der Waals surface area contributed by atoms with Gasteiger partial charge >= 0.3 is 5.97 Å². The first-order valence-electron chi connectivity index (χ1n) is 7.80. The van der Waals surface area contributed by atoms with Gasteiger partial charge in [-0.2, -0.15) is 0 Å². The van der Waals surface area contributed by atoms with Crippen LogP contribution in [-0.2, 0) is 25.6 Å². The lowest BCUT2D eigenvalue weighted by molar-refractivity contribution is -0.142. The van der Waals surface area contributed by atoms with Crippen molar-refractivity contribution in [2.24, 2.45) is 5.73 Å². The number of nitrogens with one attached hydrogen (secondary N) is 3. The van der Waals surface area contributed by atoms with Gasteiger partial charge in [0.1, 0.15) is 17.8 Å². The summed E-state index contributed by atoms with van der Waals surface area (Å²) in [7, 11) is 0. The SMILES string of the molecule is CC(NC(=O)CNC(=O)CN)C(=O)NC(Cc1ccc(O)cc1)C(=O)O. The molecule has 0 aliphatic rings. The number of nitrogens with two attached hydrogens (primary N) is 1. The molecule has 0 saturated heterocycles. The molecule has 142 valence electrons. The Morgan fingerprint density at radius 3 is 2.23 bits per heavy atom. The number of phenols is 1. The van der Waals surface area contributed by atoms with Crippen LogP contribution in [0.4, 0.5) is 0 Å². The minimum atomic E-state index is -1.24. The molecule has 0 spiro atoms. The summed E-state index contributed by atoms with van der Waals surface area (Å²) < 4.78 is 0. The molecule has 1 aromatic rings. The molecule has 1 rings (SSSR count). The van der Waals surface area contributed by atoms with Crippen molar-refractivity contribution in [1.82, 2.24) is 16.0 Å². The zero-order valence-corrected chi connectivity index (χ0v) is 14.2. The van der Waals surface area contributed by atoms with E-state index in [1.807, 2.05) is 0 Å². The van der Waals surface area contributed by atoms with Gasteiger partial charge in [0, 0.05) is 6.42 Å². The number of carboxylic acid groups (broad SMARTS) is 1. The molecular weight excluding hydrogens is 344 g/mol. The van der Waals surface area contributed by atoms with Crippen LogP contribution in [0.15, 0.2) is 24.3 Å². The summed E-state index contributed by atoms with van der Waals surface area (Å²) in [5.41, 5.74) is 5.69. The Balaban J connectivity index is 2.57. The minimum absolute atomic E-state index is 0.00851. The lowest BCUT2D eigenvalue weighted by atomic mass is 10.1. The van der Waals surface area contributed by atoms with Gasteiger partial charge in [-0.25, -0.2) is 4.79 Å². The van der Waals surface area contributed by atoms with Crippen LogP contribution in [0.2, 0.25) is 0 Å². The van der Waals surface area contributed by atoms with Gasteiger partial charge in [0.2, 0.25) is 17.7 Å². The first-order valence-corrected chi connectivity index (χ1v) is 7.80. The van der Waals surface area contributed by atoms with Crippen LogP contribution < -0.4 is 21.7 Å². The van der Waals surface area contributed by atoms with Crippen molar-refractivity contribution in [2.75, 3.05) is 13.1 Å². The molecule has 2 unspecified atom stereocenters. The third kappa shape index (κ3) is 7.18. The monoisotopic (exact) mass is 366 g/mol. The minimum Gasteiger partial charge on any atom is -0.508 e. The van der Waals surface area contributed by atoms with Gasteiger partial charge in [0.25, 0.3) is 0 Å². The van der Waals surface area contributed by atoms with Crippen LogP contribution in [0.1, 0.15) is 12.5 Å². The smallest absolute Gasteiger partial charge is 0.326 e. The van der Waals surface area contributed by atoms with Gasteiger partial charge in [-0.1, -0.05) is 12.1 Å². The zero-order chi connectivity index (χ0) is 19.7. The molecule has 10 heteroatoms. The molecule has 0 aliphatic carbocycles. The first-order chi connectivity index (χ1) is 12.2. The van der Waals surface area contributed by atoms with E-state index in [1.54, 1.807) is 12.1 Å². The molecule has 26 heavy (non-hydrogen) atoms. The Labute approximate surface area is 149 Å². The molecular formula is C16H22N4O6. The molecule has 0 fully saturated rings. The predicted octanol–water partition coefficient (Wildman–Crippen LogP) is -1.92. The maximum absolute atomic E-state index is 12.1. The fraction of sp³-hybridized carbons (Fsp3) is 0.375. The Hall–Kier alpha value is -3.14. The van der Waals surface area contributed by atoms with E-state index in [1.165, 1.54) is 19.1 Å². The van der Waals surface area contributed by atoms with E-state index in [4.69, 9.17) is 5.73 Å². The van der Waals surface area contributed by atoms with Crippen molar-refractivity contribution in [2.45, 2.75) is 25.4 Å². The highest BCUT2D eigenvalue weighted by Crippen LogP contribution is 2.11. The third-order valence-corrected chi connectivity index (χ3v) is 3.39. The van der Waals surface area contributed by atoms with E-state index in [9.17, 15) is 29.4 Å². The number of rotatable bonds is 9. The highest BCUT2D eigenvalue weighted by molar-refractivity contribution is 5.91. The van der Waals surface area contributed by atoms with Crippen molar-refractivity contribution in [3.63, 3.8) is 0 Å².